The van der Waals surface area contributed by atoms with Gasteiger partial charge in [0.15, 0.2) is 6.10 Å². The summed E-state index contributed by atoms with van der Waals surface area (Å²) in [6.07, 6.45) is 4.66. The van der Waals surface area contributed by atoms with Crippen molar-refractivity contribution in [2.45, 2.75) is 51.7 Å². The van der Waals surface area contributed by atoms with Crippen molar-refractivity contribution < 1.29 is 9.53 Å². The predicted octanol–water partition coefficient (Wildman–Crippen LogP) is 3.07. The van der Waals surface area contributed by atoms with Crippen LogP contribution in [0.25, 0.3) is 0 Å². The van der Waals surface area contributed by atoms with Crippen LogP contribution in [0.2, 0.25) is 0 Å². The maximum atomic E-state index is 12.2. The molecule has 0 saturated heterocycles. The van der Waals surface area contributed by atoms with Gasteiger partial charge in [-0.05, 0) is 57.1 Å². The molecule has 20 heavy (non-hydrogen) atoms. The first-order valence-corrected chi connectivity index (χ1v) is 7.65. The molecular weight excluding hydrogens is 250 g/mol. The standard InChI is InChI=1S/C17H23NO2/c1-11-3-7-15(8-4-11)20-12(2)17(19)18-16-10-13-5-6-14(16)9-13/h3-4,7-8,12-14,16H,5-6,9-10H2,1-2H3,(H,18,19)/t12-,13+,14+,16-/m0/s1. The quantitative estimate of drug-likeness (QED) is 0.915. The molecule has 0 aliphatic heterocycles. The Balaban J connectivity index is 1.53. The molecule has 0 radical (unpaired) electrons. The highest BCUT2D eigenvalue weighted by molar-refractivity contribution is 5.81. The van der Waals surface area contributed by atoms with E-state index in [1.54, 1.807) is 0 Å². The third-order valence-electron chi connectivity index (χ3n) is 4.77. The molecule has 0 spiro atoms. The van der Waals surface area contributed by atoms with Crippen molar-refractivity contribution in [1.29, 1.82) is 0 Å². The van der Waals surface area contributed by atoms with Crippen LogP contribution in [0, 0.1) is 18.8 Å². The Morgan fingerprint density at radius 2 is 2.00 bits per heavy atom. The molecule has 3 heteroatoms. The number of amides is 1. The lowest BCUT2D eigenvalue weighted by Gasteiger charge is -2.24. The average molecular weight is 273 g/mol. The van der Waals surface area contributed by atoms with Gasteiger partial charge in [0.2, 0.25) is 0 Å². The van der Waals surface area contributed by atoms with E-state index in [0.717, 1.165) is 18.1 Å². The largest absolute Gasteiger partial charge is 0.481 e. The molecule has 2 aliphatic carbocycles. The van der Waals surface area contributed by atoms with Gasteiger partial charge in [0, 0.05) is 6.04 Å². The lowest BCUT2D eigenvalue weighted by molar-refractivity contribution is -0.128. The van der Waals surface area contributed by atoms with E-state index in [-0.39, 0.29) is 5.91 Å². The first kappa shape index (κ1) is 13.5. The van der Waals surface area contributed by atoms with Gasteiger partial charge >= 0.3 is 0 Å². The number of carbonyl (C=O) groups excluding carboxylic acids is 1. The zero-order valence-corrected chi connectivity index (χ0v) is 12.3. The van der Waals surface area contributed by atoms with E-state index in [0.29, 0.717) is 12.0 Å². The Kier molecular flexibility index (Phi) is 3.68. The molecule has 2 aliphatic rings. The van der Waals surface area contributed by atoms with Crippen molar-refractivity contribution in [2.75, 3.05) is 0 Å². The van der Waals surface area contributed by atoms with Gasteiger partial charge < -0.3 is 10.1 Å². The Bertz CT molecular complexity index is 482. The smallest absolute Gasteiger partial charge is 0.261 e. The summed E-state index contributed by atoms with van der Waals surface area (Å²) in [5.74, 6) is 2.32. The van der Waals surface area contributed by atoms with E-state index in [1.165, 1.54) is 24.8 Å². The number of benzene rings is 1. The molecule has 2 bridgehead atoms. The number of ether oxygens (including phenoxy) is 1. The Morgan fingerprint density at radius 3 is 2.60 bits per heavy atom. The van der Waals surface area contributed by atoms with E-state index in [9.17, 15) is 4.79 Å². The fourth-order valence-corrected chi connectivity index (χ4v) is 3.60. The minimum absolute atomic E-state index is 0.0168. The van der Waals surface area contributed by atoms with Gasteiger partial charge in [-0.1, -0.05) is 24.1 Å². The first-order valence-electron chi connectivity index (χ1n) is 7.65. The van der Waals surface area contributed by atoms with E-state index < -0.39 is 6.10 Å². The molecule has 0 aromatic heterocycles. The molecule has 108 valence electrons. The van der Waals surface area contributed by atoms with Crippen LogP contribution < -0.4 is 10.1 Å². The minimum atomic E-state index is -0.433. The predicted molar refractivity (Wildman–Crippen MR) is 78.6 cm³/mol. The van der Waals surface area contributed by atoms with Gasteiger partial charge in [0.1, 0.15) is 5.75 Å². The molecule has 1 N–H and O–H groups in total. The second kappa shape index (κ2) is 5.47. The molecule has 4 atom stereocenters. The van der Waals surface area contributed by atoms with Crippen LogP contribution in [-0.2, 0) is 4.79 Å². The summed E-state index contributed by atoms with van der Waals surface area (Å²) in [5.41, 5.74) is 1.19. The zero-order chi connectivity index (χ0) is 14.1. The summed E-state index contributed by atoms with van der Waals surface area (Å²) in [6, 6.07) is 8.20. The average Bonchev–Trinajstić information content (AvgIpc) is 3.03. The SMILES string of the molecule is Cc1ccc(O[C@@H](C)C(=O)N[C@H]2C[C@@H]3CC[C@@H]2C3)cc1. The fourth-order valence-electron chi connectivity index (χ4n) is 3.60. The fraction of sp³-hybridized carbons (Fsp3) is 0.588. The zero-order valence-electron chi connectivity index (χ0n) is 12.3. The topological polar surface area (TPSA) is 38.3 Å². The number of rotatable bonds is 4. The molecule has 0 heterocycles. The number of hydrogen-bond donors (Lipinski definition) is 1. The third-order valence-corrected chi connectivity index (χ3v) is 4.77. The summed E-state index contributed by atoms with van der Waals surface area (Å²) in [4.78, 5) is 12.2. The van der Waals surface area contributed by atoms with Gasteiger partial charge in [-0.3, -0.25) is 4.79 Å². The Morgan fingerprint density at radius 1 is 1.25 bits per heavy atom. The lowest BCUT2D eigenvalue weighted by Crippen LogP contribution is -2.44. The number of fused-ring (bicyclic) bond motifs is 2. The lowest BCUT2D eigenvalue weighted by atomic mass is 9.95. The summed E-state index contributed by atoms with van der Waals surface area (Å²) in [5, 5.41) is 3.18. The molecule has 1 amide bonds. The highest BCUT2D eigenvalue weighted by Gasteiger charge is 2.40. The van der Waals surface area contributed by atoms with Crippen molar-refractivity contribution in [3.8, 4) is 5.75 Å². The van der Waals surface area contributed by atoms with Gasteiger partial charge in [-0.15, -0.1) is 0 Å². The highest BCUT2D eigenvalue weighted by Crippen LogP contribution is 2.44. The summed E-state index contributed by atoms with van der Waals surface area (Å²) >= 11 is 0. The van der Waals surface area contributed by atoms with Gasteiger partial charge in [0.05, 0.1) is 0 Å². The molecule has 0 unspecified atom stereocenters. The molecule has 1 aromatic carbocycles. The number of hydrogen-bond acceptors (Lipinski definition) is 2. The summed E-state index contributed by atoms with van der Waals surface area (Å²) in [7, 11) is 0. The van der Waals surface area contributed by atoms with E-state index in [2.05, 4.69) is 5.32 Å². The molecule has 1 aromatic rings. The summed E-state index contributed by atoms with van der Waals surface area (Å²) < 4.78 is 5.71. The van der Waals surface area contributed by atoms with E-state index >= 15 is 0 Å². The number of nitrogens with one attached hydrogen (secondary N) is 1. The van der Waals surface area contributed by atoms with Gasteiger partial charge in [0.25, 0.3) is 5.91 Å². The van der Waals surface area contributed by atoms with Crippen molar-refractivity contribution in [3.63, 3.8) is 0 Å². The monoisotopic (exact) mass is 273 g/mol. The third kappa shape index (κ3) is 2.82. The van der Waals surface area contributed by atoms with Crippen molar-refractivity contribution >= 4 is 5.91 Å². The number of aryl methyl sites for hydroxylation is 1. The van der Waals surface area contributed by atoms with E-state index in [1.807, 2.05) is 38.1 Å². The molecule has 2 saturated carbocycles. The second-order valence-corrected chi connectivity index (χ2v) is 6.36. The Labute approximate surface area is 120 Å². The van der Waals surface area contributed by atoms with Crippen LogP contribution >= 0.6 is 0 Å². The van der Waals surface area contributed by atoms with Gasteiger partial charge in [-0.25, -0.2) is 0 Å². The second-order valence-electron chi connectivity index (χ2n) is 6.36. The molecule has 3 nitrogen and oxygen atoms in total. The van der Waals surface area contributed by atoms with E-state index in [4.69, 9.17) is 4.74 Å². The first-order chi connectivity index (χ1) is 9.61. The van der Waals surface area contributed by atoms with Crippen molar-refractivity contribution in [3.05, 3.63) is 29.8 Å². The Hall–Kier alpha value is -1.51. The van der Waals surface area contributed by atoms with Crippen LogP contribution in [0.5, 0.6) is 5.75 Å². The van der Waals surface area contributed by atoms with Crippen LogP contribution in [0.15, 0.2) is 24.3 Å². The van der Waals surface area contributed by atoms with Crippen molar-refractivity contribution in [2.24, 2.45) is 11.8 Å². The molecule has 2 fully saturated rings. The van der Waals surface area contributed by atoms with Crippen molar-refractivity contribution in [1.82, 2.24) is 5.32 Å². The normalized spacial score (nSPS) is 29.2. The van der Waals surface area contributed by atoms with Crippen LogP contribution in [0.4, 0.5) is 0 Å². The summed E-state index contributed by atoms with van der Waals surface area (Å²) in [6.45, 7) is 3.86. The van der Waals surface area contributed by atoms with Crippen LogP contribution in [0.3, 0.4) is 0 Å². The van der Waals surface area contributed by atoms with Crippen LogP contribution in [-0.4, -0.2) is 18.1 Å². The maximum Gasteiger partial charge on any atom is 0.261 e. The number of carbonyl (C=O) groups is 1. The van der Waals surface area contributed by atoms with Crippen LogP contribution in [0.1, 0.15) is 38.2 Å². The minimum Gasteiger partial charge on any atom is -0.481 e. The highest BCUT2D eigenvalue weighted by atomic mass is 16.5. The molecular formula is C17H23NO2. The maximum absolute atomic E-state index is 12.2. The van der Waals surface area contributed by atoms with Gasteiger partial charge in [-0.2, -0.15) is 0 Å². The molecule has 3 rings (SSSR count).